The summed E-state index contributed by atoms with van der Waals surface area (Å²) in [6.45, 7) is 2.07. The number of aryl methyl sites for hydroxylation is 1. The molecule has 0 bridgehead atoms. The van der Waals surface area contributed by atoms with Crippen LogP contribution in [0.25, 0.3) is 11.3 Å². The molecule has 0 N–H and O–H groups in total. The molecular formula is C12H14N2O. The monoisotopic (exact) mass is 202 g/mol. The Morgan fingerprint density at radius 3 is 2.60 bits per heavy atom. The van der Waals surface area contributed by atoms with Crippen LogP contribution >= 0.6 is 0 Å². The molecule has 0 amide bonds. The van der Waals surface area contributed by atoms with Gasteiger partial charge in [0.2, 0.25) is 5.88 Å². The standard InChI is InChI=1S/C12H14N2O/c1-9-5-4-6-10(7-9)11-8-12(14(2)3)15-13-11/h4-8H,1-3H3. The van der Waals surface area contributed by atoms with Gasteiger partial charge < -0.3 is 9.42 Å². The number of anilines is 1. The van der Waals surface area contributed by atoms with Gasteiger partial charge in [-0.05, 0) is 13.0 Å². The summed E-state index contributed by atoms with van der Waals surface area (Å²) in [7, 11) is 3.86. The Kier molecular flexibility index (Phi) is 2.46. The van der Waals surface area contributed by atoms with E-state index in [1.54, 1.807) is 0 Å². The summed E-state index contributed by atoms with van der Waals surface area (Å²) < 4.78 is 5.20. The van der Waals surface area contributed by atoms with Crippen LogP contribution < -0.4 is 4.90 Å². The van der Waals surface area contributed by atoms with Gasteiger partial charge in [0.05, 0.1) is 0 Å². The predicted molar refractivity (Wildman–Crippen MR) is 61.0 cm³/mol. The maximum Gasteiger partial charge on any atom is 0.227 e. The van der Waals surface area contributed by atoms with E-state index in [-0.39, 0.29) is 0 Å². The third-order valence-electron chi connectivity index (χ3n) is 2.25. The molecule has 1 aromatic carbocycles. The highest BCUT2D eigenvalue weighted by Crippen LogP contribution is 2.23. The van der Waals surface area contributed by atoms with Gasteiger partial charge in [-0.3, -0.25) is 0 Å². The van der Waals surface area contributed by atoms with E-state index < -0.39 is 0 Å². The number of benzene rings is 1. The molecule has 0 aliphatic heterocycles. The molecule has 0 atom stereocenters. The van der Waals surface area contributed by atoms with Crippen LogP contribution in [0.1, 0.15) is 5.56 Å². The highest BCUT2D eigenvalue weighted by Gasteiger charge is 2.07. The molecule has 3 nitrogen and oxygen atoms in total. The zero-order valence-electron chi connectivity index (χ0n) is 9.19. The van der Waals surface area contributed by atoms with Crippen molar-refractivity contribution in [2.75, 3.05) is 19.0 Å². The molecule has 78 valence electrons. The van der Waals surface area contributed by atoms with Crippen molar-refractivity contribution in [1.82, 2.24) is 5.16 Å². The summed E-state index contributed by atoms with van der Waals surface area (Å²) in [5.74, 6) is 0.770. The molecule has 0 spiro atoms. The van der Waals surface area contributed by atoms with Crippen molar-refractivity contribution in [2.45, 2.75) is 6.92 Å². The quantitative estimate of drug-likeness (QED) is 0.749. The summed E-state index contributed by atoms with van der Waals surface area (Å²) >= 11 is 0. The van der Waals surface area contributed by atoms with Crippen LogP contribution in [0.15, 0.2) is 34.9 Å². The predicted octanol–water partition coefficient (Wildman–Crippen LogP) is 2.72. The van der Waals surface area contributed by atoms with Gasteiger partial charge in [-0.15, -0.1) is 0 Å². The topological polar surface area (TPSA) is 29.3 Å². The Hall–Kier alpha value is -1.77. The minimum Gasteiger partial charge on any atom is -0.347 e. The lowest BCUT2D eigenvalue weighted by Crippen LogP contribution is -2.06. The highest BCUT2D eigenvalue weighted by molar-refractivity contribution is 5.62. The summed E-state index contributed by atoms with van der Waals surface area (Å²) in [6, 6.07) is 10.2. The van der Waals surface area contributed by atoms with E-state index in [1.807, 2.05) is 37.2 Å². The highest BCUT2D eigenvalue weighted by atomic mass is 16.5. The Morgan fingerprint density at radius 1 is 1.20 bits per heavy atom. The van der Waals surface area contributed by atoms with Crippen LogP contribution in [0.5, 0.6) is 0 Å². The molecule has 0 radical (unpaired) electrons. The van der Waals surface area contributed by atoms with Gasteiger partial charge in [-0.2, -0.15) is 0 Å². The number of hydrogen-bond acceptors (Lipinski definition) is 3. The lowest BCUT2D eigenvalue weighted by Gasteiger charge is -2.03. The molecule has 0 fully saturated rings. The van der Waals surface area contributed by atoms with Crippen molar-refractivity contribution in [3.05, 3.63) is 35.9 Å². The number of aromatic nitrogens is 1. The first-order valence-electron chi connectivity index (χ1n) is 4.88. The minimum absolute atomic E-state index is 0.770. The second kappa shape index (κ2) is 3.77. The van der Waals surface area contributed by atoms with Crippen LogP contribution in [-0.4, -0.2) is 19.3 Å². The lowest BCUT2D eigenvalue weighted by molar-refractivity contribution is 0.426. The normalized spacial score (nSPS) is 10.3. The Bertz CT molecular complexity index is 460. The number of hydrogen-bond donors (Lipinski definition) is 0. The van der Waals surface area contributed by atoms with Crippen molar-refractivity contribution in [3.63, 3.8) is 0 Å². The van der Waals surface area contributed by atoms with Gasteiger partial charge in [0.25, 0.3) is 0 Å². The van der Waals surface area contributed by atoms with Crippen molar-refractivity contribution >= 4 is 5.88 Å². The zero-order chi connectivity index (χ0) is 10.8. The largest absolute Gasteiger partial charge is 0.347 e. The molecule has 2 aromatic rings. The first-order chi connectivity index (χ1) is 7.16. The van der Waals surface area contributed by atoms with E-state index in [1.165, 1.54) is 5.56 Å². The Labute approximate surface area is 89.3 Å². The van der Waals surface area contributed by atoms with Crippen LogP contribution in [0.4, 0.5) is 5.88 Å². The third-order valence-corrected chi connectivity index (χ3v) is 2.25. The van der Waals surface area contributed by atoms with Gasteiger partial charge in [0, 0.05) is 25.7 Å². The van der Waals surface area contributed by atoms with E-state index in [9.17, 15) is 0 Å². The van der Waals surface area contributed by atoms with E-state index in [4.69, 9.17) is 4.52 Å². The van der Waals surface area contributed by atoms with Crippen molar-refractivity contribution in [2.24, 2.45) is 0 Å². The molecule has 1 aromatic heterocycles. The fraction of sp³-hybridized carbons (Fsp3) is 0.250. The maximum absolute atomic E-state index is 5.20. The van der Waals surface area contributed by atoms with Crippen LogP contribution in [0.3, 0.4) is 0 Å². The summed E-state index contributed by atoms with van der Waals surface area (Å²) in [5, 5.41) is 4.03. The molecule has 0 aliphatic carbocycles. The molecule has 0 aliphatic rings. The maximum atomic E-state index is 5.20. The summed E-state index contributed by atoms with van der Waals surface area (Å²) in [6.07, 6.45) is 0. The average Bonchev–Trinajstić information content (AvgIpc) is 2.66. The smallest absolute Gasteiger partial charge is 0.227 e. The van der Waals surface area contributed by atoms with Crippen molar-refractivity contribution in [3.8, 4) is 11.3 Å². The van der Waals surface area contributed by atoms with Gasteiger partial charge in [0.15, 0.2) is 0 Å². The minimum atomic E-state index is 0.770. The first-order valence-corrected chi connectivity index (χ1v) is 4.88. The fourth-order valence-corrected chi connectivity index (χ4v) is 1.42. The lowest BCUT2D eigenvalue weighted by atomic mass is 10.1. The van der Waals surface area contributed by atoms with Crippen molar-refractivity contribution in [1.29, 1.82) is 0 Å². The number of rotatable bonds is 2. The van der Waals surface area contributed by atoms with Crippen LogP contribution in [-0.2, 0) is 0 Å². The number of nitrogens with zero attached hydrogens (tertiary/aromatic N) is 2. The third kappa shape index (κ3) is 2.01. The van der Waals surface area contributed by atoms with E-state index in [2.05, 4.69) is 24.2 Å². The van der Waals surface area contributed by atoms with Gasteiger partial charge in [0.1, 0.15) is 5.69 Å². The molecule has 3 heteroatoms. The van der Waals surface area contributed by atoms with Crippen molar-refractivity contribution < 1.29 is 4.52 Å². The molecule has 0 saturated carbocycles. The molecule has 0 unspecified atom stereocenters. The summed E-state index contributed by atoms with van der Waals surface area (Å²) in [5.41, 5.74) is 3.19. The molecular weight excluding hydrogens is 188 g/mol. The molecule has 2 rings (SSSR count). The SMILES string of the molecule is Cc1cccc(-c2cc(N(C)C)on2)c1. The zero-order valence-corrected chi connectivity index (χ0v) is 9.19. The molecule has 1 heterocycles. The Morgan fingerprint density at radius 2 is 2.00 bits per heavy atom. The molecule has 0 saturated heterocycles. The first kappa shape index (κ1) is 9.77. The van der Waals surface area contributed by atoms with Gasteiger partial charge in [-0.25, -0.2) is 0 Å². The average molecular weight is 202 g/mol. The van der Waals surface area contributed by atoms with Crippen LogP contribution in [0.2, 0.25) is 0 Å². The van der Waals surface area contributed by atoms with Crippen LogP contribution in [0, 0.1) is 6.92 Å². The second-order valence-electron chi connectivity index (χ2n) is 3.81. The van der Waals surface area contributed by atoms with Gasteiger partial charge >= 0.3 is 0 Å². The van der Waals surface area contributed by atoms with E-state index in [0.717, 1.165) is 17.1 Å². The summed E-state index contributed by atoms with van der Waals surface area (Å²) in [4.78, 5) is 1.90. The van der Waals surface area contributed by atoms with E-state index in [0.29, 0.717) is 0 Å². The van der Waals surface area contributed by atoms with Gasteiger partial charge in [-0.1, -0.05) is 28.9 Å². The second-order valence-corrected chi connectivity index (χ2v) is 3.81. The molecule has 15 heavy (non-hydrogen) atoms. The van der Waals surface area contributed by atoms with E-state index >= 15 is 0 Å². The fourth-order valence-electron chi connectivity index (χ4n) is 1.42. The Balaban J connectivity index is 2.37.